The van der Waals surface area contributed by atoms with Crippen LogP contribution in [0.3, 0.4) is 0 Å². The van der Waals surface area contributed by atoms with Gasteiger partial charge in [0, 0.05) is 10.9 Å². The highest BCUT2D eigenvalue weighted by Crippen LogP contribution is 2.28. The molecule has 1 aliphatic rings. The van der Waals surface area contributed by atoms with Crippen LogP contribution in [0, 0.1) is 5.92 Å². The number of thiophene rings is 1. The first-order chi connectivity index (χ1) is 8.88. The van der Waals surface area contributed by atoms with Gasteiger partial charge in [0.2, 0.25) is 0 Å². The van der Waals surface area contributed by atoms with Gasteiger partial charge >= 0.3 is 0 Å². The third-order valence-corrected chi connectivity index (χ3v) is 5.07. The molecule has 0 radical (unpaired) electrons. The lowest BCUT2D eigenvalue weighted by Gasteiger charge is -2.24. The molecule has 2 heteroatoms. The van der Waals surface area contributed by atoms with Gasteiger partial charge in [-0.05, 0) is 43.2 Å². The molecule has 0 spiro atoms. The summed E-state index contributed by atoms with van der Waals surface area (Å²) >= 11 is 1.90. The van der Waals surface area contributed by atoms with E-state index < -0.39 is 0 Å². The van der Waals surface area contributed by atoms with E-state index in [4.69, 9.17) is 0 Å². The fraction of sp³-hybridized carbons (Fsp3) is 0.750. The zero-order valence-electron chi connectivity index (χ0n) is 11.7. The van der Waals surface area contributed by atoms with Crippen molar-refractivity contribution in [3.05, 3.63) is 22.4 Å². The molecule has 0 saturated heterocycles. The second kappa shape index (κ2) is 7.96. The van der Waals surface area contributed by atoms with E-state index in [-0.39, 0.29) is 0 Å². The largest absolute Gasteiger partial charge is 0.314 e. The minimum absolute atomic E-state index is 0.690. The first-order valence-electron chi connectivity index (χ1n) is 7.64. The molecule has 1 aliphatic carbocycles. The number of hydrogen-bond acceptors (Lipinski definition) is 2. The first-order valence-corrected chi connectivity index (χ1v) is 8.52. The minimum atomic E-state index is 0.690. The van der Waals surface area contributed by atoms with Crippen molar-refractivity contribution >= 4 is 11.3 Å². The van der Waals surface area contributed by atoms with Crippen molar-refractivity contribution < 1.29 is 0 Å². The number of nitrogens with one attached hydrogen (secondary N) is 1. The summed E-state index contributed by atoms with van der Waals surface area (Å²) in [4.78, 5) is 1.53. The quantitative estimate of drug-likeness (QED) is 0.758. The zero-order valence-corrected chi connectivity index (χ0v) is 12.5. The van der Waals surface area contributed by atoms with Gasteiger partial charge in [0.1, 0.15) is 0 Å². The molecule has 1 fully saturated rings. The number of likely N-dealkylation sites (N-methyl/N-ethyl adjacent to an activating group) is 1. The highest BCUT2D eigenvalue weighted by atomic mass is 32.1. The molecule has 1 unspecified atom stereocenters. The predicted molar refractivity (Wildman–Crippen MR) is 81.3 cm³/mol. The van der Waals surface area contributed by atoms with Gasteiger partial charge in [-0.2, -0.15) is 0 Å². The molecule has 0 amide bonds. The normalized spacial score (nSPS) is 18.9. The van der Waals surface area contributed by atoms with E-state index in [1.54, 1.807) is 0 Å². The average molecular weight is 265 g/mol. The molecule has 1 nitrogen and oxygen atoms in total. The van der Waals surface area contributed by atoms with Crippen molar-refractivity contribution in [1.82, 2.24) is 5.32 Å². The molecule has 0 aliphatic heterocycles. The molecule has 0 bridgehead atoms. The summed E-state index contributed by atoms with van der Waals surface area (Å²) in [6, 6.07) is 5.13. The topological polar surface area (TPSA) is 12.0 Å². The first kappa shape index (κ1) is 14.1. The van der Waals surface area contributed by atoms with Crippen LogP contribution in [-0.2, 0) is 6.42 Å². The molecule has 1 N–H and O–H groups in total. The van der Waals surface area contributed by atoms with Gasteiger partial charge in [0.25, 0.3) is 0 Å². The SMILES string of the molecule is CCNC(CCC1CCCCC1)Cc1cccs1. The van der Waals surface area contributed by atoms with Crippen molar-refractivity contribution in [2.24, 2.45) is 5.92 Å². The van der Waals surface area contributed by atoms with Gasteiger partial charge in [0.15, 0.2) is 0 Å². The summed E-state index contributed by atoms with van der Waals surface area (Å²) in [6.07, 6.45) is 11.4. The van der Waals surface area contributed by atoms with Crippen LogP contribution in [0.2, 0.25) is 0 Å². The highest BCUT2D eigenvalue weighted by Gasteiger charge is 2.16. The summed E-state index contributed by atoms with van der Waals surface area (Å²) < 4.78 is 0. The van der Waals surface area contributed by atoms with Gasteiger partial charge in [-0.1, -0.05) is 45.1 Å². The Morgan fingerprint density at radius 2 is 2.17 bits per heavy atom. The lowest BCUT2D eigenvalue weighted by molar-refractivity contribution is 0.313. The van der Waals surface area contributed by atoms with Crippen molar-refractivity contribution in [1.29, 1.82) is 0 Å². The van der Waals surface area contributed by atoms with Crippen molar-refractivity contribution in [2.75, 3.05) is 6.54 Å². The van der Waals surface area contributed by atoms with E-state index in [1.165, 1.54) is 56.2 Å². The second-order valence-corrected chi connectivity index (χ2v) is 6.65. The van der Waals surface area contributed by atoms with Crippen LogP contribution in [0.5, 0.6) is 0 Å². The Kier molecular flexibility index (Phi) is 6.22. The molecule has 102 valence electrons. The maximum atomic E-state index is 3.67. The van der Waals surface area contributed by atoms with Gasteiger partial charge in [-0.3, -0.25) is 0 Å². The van der Waals surface area contributed by atoms with E-state index in [2.05, 4.69) is 29.8 Å². The lowest BCUT2D eigenvalue weighted by Crippen LogP contribution is -2.31. The maximum Gasteiger partial charge on any atom is 0.0115 e. The molecule has 1 atom stereocenters. The Morgan fingerprint density at radius 3 is 2.83 bits per heavy atom. The standard InChI is InChI=1S/C16H27NS/c1-2-17-15(13-16-9-6-12-18-16)11-10-14-7-4-3-5-8-14/h6,9,12,14-15,17H,2-5,7-8,10-11,13H2,1H3. The van der Waals surface area contributed by atoms with Crippen molar-refractivity contribution in [3.63, 3.8) is 0 Å². The third kappa shape index (κ3) is 4.74. The minimum Gasteiger partial charge on any atom is -0.314 e. The van der Waals surface area contributed by atoms with E-state index >= 15 is 0 Å². The average Bonchev–Trinajstić information content (AvgIpc) is 2.90. The Balaban J connectivity index is 1.74. The van der Waals surface area contributed by atoms with Crippen molar-refractivity contribution in [2.45, 2.75) is 64.3 Å². The van der Waals surface area contributed by atoms with Crippen LogP contribution in [0.25, 0.3) is 0 Å². The van der Waals surface area contributed by atoms with E-state index in [1.807, 2.05) is 11.3 Å². The summed E-state index contributed by atoms with van der Waals surface area (Å²) in [5, 5.41) is 5.86. The Bertz CT molecular complexity index is 301. The zero-order chi connectivity index (χ0) is 12.6. The van der Waals surface area contributed by atoms with Crippen LogP contribution in [0.1, 0.15) is 56.7 Å². The van der Waals surface area contributed by atoms with Crippen molar-refractivity contribution in [3.8, 4) is 0 Å². The summed E-state index contributed by atoms with van der Waals surface area (Å²) in [5.41, 5.74) is 0. The molecule has 1 heterocycles. The summed E-state index contributed by atoms with van der Waals surface area (Å²) in [7, 11) is 0. The highest BCUT2D eigenvalue weighted by molar-refractivity contribution is 7.09. The second-order valence-electron chi connectivity index (χ2n) is 5.62. The van der Waals surface area contributed by atoms with Gasteiger partial charge in [-0.25, -0.2) is 0 Å². The molecule has 1 aromatic heterocycles. The van der Waals surface area contributed by atoms with Gasteiger partial charge in [-0.15, -0.1) is 11.3 Å². The van der Waals surface area contributed by atoms with E-state index in [0.717, 1.165) is 12.5 Å². The van der Waals surface area contributed by atoms with Crippen LogP contribution >= 0.6 is 11.3 Å². The monoisotopic (exact) mass is 265 g/mol. The molecule has 0 aromatic carbocycles. The fourth-order valence-electron chi connectivity index (χ4n) is 3.15. The van der Waals surface area contributed by atoms with Gasteiger partial charge < -0.3 is 5.32 Å². The van der Waals surface area contributed by atoms with E-state index in [0.29, 0.717) is 6.04 Å². The molecule has 2 rings (SSSR count). The van der Waals surface area contributed by atoms with E-state index in [9.17, 15) is 0 Å². The summed E-state index contributed by atoms with van der Waals surface area (Å²) in [6.45, 7) is 3.32. The molecule has 18 heavy (non-hydrogen) atoms. The molecule has 1 aromatic rings. The smallest absolute Gasteiger partial charge is 0.0115 e. The Hall–Kier alpha value is -0.340. The number of rotatable bonds is 7. The molecule has 1 saturated carbocycles. The number of hydrogen-bond donors (Lipinski definition) is 1. The molecular weight excluding hydrogens is 238 g/mol. The maximum absolute atomic E-state index is 3.67. The summed E-state index contributed by atoms with van der Waals surface area (Å²) in [5.74, 6) is 1.02. The Labute approximate surface area is 116 Å². The van der Waals surface area contributed by atoms with Crippen LogP contribution in [0.15, 0.2) is 17.5 Å². The predicted octanol–water partition coefficient (Wildman–Crippen LogP) is 4.63. The van der Waals surface area contributed by atoms with Crippen LogP contribution < -0.4 is 5.32 Å². The van der Waals surface area contributed by atoms with Gasteiger partial charge in [0.05, 0.1) is 0 Å². The Morgan fingerprint density at radius 1 is 1.33 bits per heavy atom. The molecular formula is C16H27NS. The lowest BCUT2D eigenvalue weighted by atomic mass is 9.85. The third-order valence-electron chi connectivity index (χ3n) is 4.17. The van der Waals surface area contributed by atoms with Crippen LogP contribution in [-0.4, -0.2) is 12.6 Å². The fourth-order valence-corrected chi connectivity index (χ4v) is 3.94. The van der Waals surface area contributed by atoms with Crippen LogP contribution in [0.4, 0.5) is 0 Å².